The molecule has 0 fully saturated rings. The van der Waals surface area contributed by atoms with Gasteiger partial charge in [0.25, 0.3) is 5.91 Å². The molecule has 2 rings (SSSR count). The molecule has 0 aromatic heterocycles. The van der Waals surface area contributed by atoms with E-state index in [2.05, 4.69) is 5.32 Å². The van der Waals surface area contributed by atoms with Crippen LogP contribution in [-0.2, 0) is 0 Å². The first kappa shape index (κ1) is 13.5. The first-order valence-electron chi connectivity index (χ1n) is 5.51. The fourth-order valence-corrected chi connectivity index (χ4v) is 1.56. The van der Waals surface area contributed by atoms with Crippen molar-refractivity contribution in [3.8, 4) is 11.8 Å². The van der Waals surface area contributed by atoms with Crippen LogP contribution in [0.1, 0.15) is 15.9 Å². The van der Waals surface area contributed by atoms with Crippen molar-refractivity contribution in [2.45, 2.75) is 0 Å². The maximum absolute atomic E-state index is 13.6. The molecule has 0 saturated heterocycles. The molecule has 20 heavy (non-hydrogen) atoms. The predicted molar refractivity (Wildman–Crippen MR) is 67.1 cm³/mol. The Balaban J connectivity index is 2.26. The number of rotatable bonds is 2. The molecule has 0 radical (unpaired) electrons. The van der Waals surface area contributed by atoms with Gasteiger partial charge in [0.05, 0.1) is 22.9 Å². The summed E-state index contributed by atoms with van der Waals surface area (Å²) in [7, 11) is 0. The smallest absolute Gasteiger partial charge is 0.258 e. The minimum absolute atomic E-state index is 0.108. The Hall–Kier alpha value is -2.94. The molecule has 1 amide bonds. The Kier molecular flexibility index (Phi) is 3.62. The van der Waals surface area contributed by atoms with Crippen LogP contribution in [0.2, 0.25) is 0 Å². The lowest BCUT2D eigenvalue weighted by Crippen LogP contribution is -2.14. The summed E-state index contributed by atoms with van der Waals surface area (Å²) in [5, 5.41) is 19.8. The number of phenols is 1. The number of aromatic hydroxyl groups is 1. The SMILES string of the molecule is N#Cc1ccc(NC(=O)c2ccc(O)cc2F)c(F)c1. The molecule has 0 atom stereocenters. The Morgan fingerprint density at radius 3 is 2.50 bits per heavy atom. The molecule has 2 aromatic carbocycles. The molecule has 0 heterocycles. The zero-order valence-corrected chi connectivity index (χ0v) is 10.0. The molecule has 0 bridgehead atoms. The average molecular weight is 274 g/mol. The van der Waals surface area contributed by atoms with Crippen LogP contribution < -0.4 is 5.32 Å². The Morgan fingerprint density at radius 2 is 1.90 bits per heavy atom. The van der Waals surface area contributed by atoms with E-state index >= 15 is 0 Å². The first-order valence-corrected chi connectivity index (χ1v) is 5.51. The Bertz CT molecular complexity index is 724. The number of nitriles is 1. The van der Waals surface area contributed by atoms with Gasteiger partial charge in [0.2, 0.25) is 0 Å². The van der Waals surface area contributed by atoms with E-state index in [9.17, 15) is 13.6 Å². The minimum atomic E-state index is -0.920. The van der Waals surface area contributed by atoms with E-state index in [4.69, 9.17) is 10.4 Å². The van der Waals surface area contributed by atoms with Gasteiger partial charge in [0.1, 0.15) is 17.4 Å². The van der Waals surface area contributed by atoms with Crippen LogP contribution in [0.3, 0.4) is 0 Å². The summed E-state index contributed by atoms with van der Waals surface area (Å²) in [6.45, 7) is 0. The molecule has 0 aliphatic carbocycles. The molecule has 0 unspecified atom stereocenters. The molecule has 0 aliphatic heterocycles. The maximum atomic E-state index is 13.6. The van der Waals surface area contributed by atoms with Gasteiger partial charge in [0, 0.05) is 6.07 Å². The highest BCUT2D eigenvalue weighted by Gasteiger charge is 2.14. The van der Waals surface area contributed by atoms with E-state index < -0.39 is 17.5 Å². The van der Waals surface area contributed by atoms with E-state index in [1.165, 1.54) is 12.1 Å². The molecule has 0 spiro atoms. The lowest BCUT2D eigenvalue weighted by atomic mass is 10.1. The standard InChI is InChI=1S/C14H8F2N2O2/c15-11-6-9(19)2-3-10(11)14(20)18-13-4-1-8(7-17)5-12(13)16/h1-6,19H,(H,18,20). The van der Waals surface area contributed by atoms with Crippen LogP contribution in [0.25, 0.3) is 0 Å². The van der Waals surface area contributed by atoms with E-state index in [-0.39, 0.29) is 22.6 Å². The monoisotopic (exact) mass is 274 g/mol. The van der Waals surface area contributed by atoms with Crippen LogP contribution in [0.15, 0.2) is 36.4 Å². The van der Waals surface area contributed by atoms with Crippen molar-refractivity contribution in [2.75, 3.05) is 5.32 Å². The normalized spacial score (nSPS) is 9.85. The number of hydrogen-bond donors (Lipinski definition) is 2. The van der Waals surface area contributed by atoms with Crippen molar-refractivity contribution in [3.63, 3.8) is 0 Å². The van der Waals surface area contributed by atoms with E-state index in [1.54, 1.807) is 6.07 Å². The number of hydrogen-bond acceptors (Lipinski definition) is 3. The zero-order valence-electron chi connectivity index (χ0n) is 10.0. The molecule has 100 valence electrons. The van der Waals surface area contributed by atoms with Gasteiger partial charge in [-0.3, -0.25) is 4.79 Å². The van der Waals surface area contributed by atoms with Crippen LogP contribution in [0.4, 0.5) is 14.5 Å². The number of phenolic OH excluding ortho intramolecular Hbond substituents is 1. The van der Waals surface area contributed by atoms with Gasteiger partial charge in [-0.25, -0.2) is 8.78 Å². The van der Waals surface area contributed by atoms with Crippen LogP contribution >= 0.6 is 0 Å². The molecular weight excluding hydrogens is 266 g/mol. The third kappa shape index (κ3) is 2.72. The molecule has 6 heteroatoms. The molecule has 0 saturated carbocycles. The van der Waals surface area contributed by atoms with Crippen molar-refractivity contribution in [3.05, 3.63) is 59.2 Å². The van der Waals surface area contributed by atoms with Crippen molar-refractivity contribution in [1.82, 2.24) is 0 Å². The largest absolute Gasteiger partial charge is 0.508 e. The van der Waals surface area contributed by atoms with Gasteiger partial charge in [0.15, 0.2) is 0 Å². The maximum Gasteiger partial charge on any atom is 0.258 e. The van der Waals surface area contributed by atoms with E-state index in [0.29, 0.717) is 0 Å². The summed E-state index contributed by atoms with van der Waals surface area (Å²) < 4.78 is 27.0. The van der Waals surface area contributed by atoms with Crippen molar-refractivity contribution in [2.24, 2.45) is 0 Å². The summed E-state index contributed by atoms with van der Waals surface area (Å²) >= 11 is 0. The lowest BCUT2D eigenvalue weighted by molar-refractivity contribution is 0.102. The number of benzene rings is 2. The van der Waals surface area contributed by atoms with E-state index in [1.807, 2.05) is 0 Å². The van der Waals surface area contributed by atoms with Crippen molar-refractivity contribution < 1.29 is 18.7 Å². The second-order valence-corrected chi connectivity index (χ2v) is 3.92. The average Bonchev–Trinajstić information content (AvgIpc) is 2.40. The summed E-state index contributed by atoms with van der Waals surface area (Å²) in [6.07, 6.45) is 0. The van der Waals surface area contributed by atoms with Gasteiger partial charge in [-0.2, -0.15) is 5.26 Å². The summed E-state index contributed by atoms with van der Waals surface area (Å²) in [5.41, 5.74) is -0.385. The highest BCUT2D eigenvalue weighted by Crippen LogP contribution is 2.19. The van der Waals surface area contributed by atoms with Crippen LogP contribution in [0.5, 0.6) is 5.75 Å². The molecule has 0 aliphatic rings. The fourth-order valence-electron chi connectivity index (χ4n) is 1.56. The Labute approximate surface area is 112 Å². The molecule has 2 N–H and O–H groups in total. The number of carbonyl (C=O) groups excluding carboxylic acids is 1. The number of carbonyl (C=O) groups is 1. The van der Waals surface area contributed by atoms with Gasteiger partial charge >= 0.3 is 0 Å². The minimum Gasteiger partial charge on any atom is -0.508 e. The fraction of sp³-hybridized carbons (Fsp3) is 0. The summed E-state index contributed by atoms with van der Waals surface area (Å²) in [6, 6.07) is 8.27. The van der Waals surface area contributed by atoms with Gasteiger partial charge in [-0.15, -0.1) is 0 Å². The van der Waals surface area contributed by atoms with Gasteiger partial charge in [-0.1, -0.05) is 0 Å². The highest BCUT2D eigenvalue weighted by molar-refractivity contribution is 6.04. The van der Waals surface area contributed by atoms with Crippen molar-refractivity contribution >= 4 is 11.6 Å². The van der Waals surface area contributed by atoms with E-state index in [0.717, 1.165) is 24.3 Å². The number of amides is 1. The van der Waals surface area contributed by atoms with Gasteiger partial charge in [-0.05, 0) is 30.3 Å². The number of nitrogens with one attached hydrogen (secondary N) is 1. The third-order valence-electron chi connectivity index (χ3n) is 2.54. The van der Waals surface area contributed by atoms with Crippen LogP contribution in [0, 0.1) is 23.0 Å². The Morgan fingerprint density at radius 1 is 1.15 bits per heavy atom. The topological polar surface area (TPSA) is 73.1 Å². The molecule has 4 nitrogen and oxygen atoms in total. The zero-order chi connectivity index (χ0) is 14.7. The second kappa shape index (κ2) is 5.36. The van der Waals surface area contributed by atoms with Crippen molar-refractivity contribution in [1.29, 1.82) is 5.26 Å². The number of anilines is 1. The number of halogens is 2. The number of nitrogens with zero attached hydrogens (tertiary/aromatic N) is 1. The predicted octanol–water partition coefficient (Wildman–Crippen LogP) is 2.79. The second-order valence-electron chi connectivity index (χ2n) is 3.92. The summed E-state index contributed by atoms with van der Waals surface area (Å²) in [5.74, 6) is -2.89. The third-order valence-corrected chi connectivity index (χ3v) is 2.54. The highest BCUT2D eigenvalue weighted by atomic mass is 19.1. The molecule has 2 aromatic rings. The first-order chi connectivity index (χ1) is 9.51. The molecular formula is C14H8F2N2O2. The van der Waals surface area contributed by atoms with Crippen LogP contribution in [-0.4, -0.2) is 11.0 Å². The quantitative estimate of drug-likeness (QED) is 0.884. The lowest BCUT2D eigenvalue weighted by Gasteiger charge is -2.07. The summed E-state index contributed by atoms with van der Waals surface area (Å²) in [4.78, 5) is 11.8. The van der Waals surface area contributed by atoms with Gasteiger partial charge < -0.3 is 10.4 Å².